The minimum atomic E-state index is -0.644. The van der Waals surface area contributed by atoms with Gasteiger partial charge in [0.1, 0.15) is 0 Å². The summed E-state index contributed by atoms with van der Waals surface area (Å²) >= 11 is 0. The van der Waals surface area contributed by atoms with Crippen LogP contribution in [0.1, 0.15) is 18.1 Å². The van der Waals surface area contributed by atoms with Gasteiger partial charge in [-0.25, -0.2) is 4.79 Å². The second-order valence-corrected chi connectivity index (χ2v) is 5.78. The second-order valence-electron chi connectivity index (χ2n) is 5.78. The average molecular weight is 369 g/mol. The van der Waals surface area contributed by atoms with E-state index in [1.807, 2.05) is 50.3 Å². The Morgan fingerprint density at radius 3 is 2.59 bits per heavy atom. The predicted molar refractivity (Wildman–Crippen MR) is 104 cm³/mol. The van der Waals surface area contributed by atoms with Crippen molar-refractivity contribution in [3.8, 4) is 11.5 Å². The van der Waals surface area contributed by atoms with Crippen LogP contribution in [0.3, 0.4) is 0 Å². The van der Waals surface area contributed by atoms with Gasteiger partial charge in [0.15, 0.2) is 24.7 Å². The number of nitrogens with one attached hydrogen (secondary N) is 1. The lowest BCUT2D eigenvalue weighted by Crippen LogP contribution is -2.23. The van der Waals surface area contributed by atoms with Gasteiger partial charge in [0.2, 0.25) is 0 Å². The van der Waals surface area contributed by atoms with Gasteiger partial charge in [0.25, 0.3) is 5.91 Å². The van der Waals surface area contributed by atoms with Crippen LogP contribution in [0.25, 0.3) is 6.08 Å². The highest BCUT2D eigenvalue weighted by atomic mass is 16.6. The molecule has 0 aromatic heterocycles. The first-order valence-corrected chi connectivity index (χ1v) is 8.47. The van der Waals surface area contributed by atoms with E-state index in [-0.39, 0.29) is 13.2 Å². The summed E-state index contributed by atoms with van der Waals surface area (Å²) in [6, 6.07) is 12.7. The highest BCUT2D eigenvalue weighted by Gasteiger charge is 2.11. The number of carbonyl (C=O) groups excluding carboxylic acids is 2. The molecular formula is C21H23NO5. The van der Waals surface area contributed by atoms with Crippen molar-refractivity contribution in [2.75, 3.05) is 25.6 Å². The first-order chi connectivity index (χ1) is 13.0. The van der Waals surface area contributed by atoms with Crippen molar-refractivity contribution in [2.45, 2.75) is 13.8 Å². The monoisotopic (exact) mass is 369 g/mol. The Labute approximate surface area is 158 Å². The van der Waals surface area contributed by atoms with Gasteiger partial charge in [0, 0.05) is 5.69 Å². The number of carbonyl (C=O) groups is 2. The van der Waals surface area contributed by atoms with Gasteiger partial charge in [0.05, 0.1) is 7.11 Å². The van der Waals surface area contributed by atoms with Crippen LogP contribution < -0.4 is 14.8 Å². The molecular weight excluding hydrogens is 346 g/mol. The molecule has 0 fully saturated rings. The van der Waals surface area contributed by atoms with E-state index in [1.54, 1.807) is 18.2 Å². The molecule has 2 aromatic rings. The molecule has 6 heteroatoms. The topological polar surface area (TPSA) is 73.9 Å². The molecule has 2 aromatic carbocycles. The predicted octanol–water partition coefficient (Wildman–Crippen LogP) is 3.60. The summed E-state index contributed by atoms with van der Waals surface area (Å²) in [7, 11) is 1.52. The lowest BCUT2D eigenvalue weighted by molar-refractivity contribution is -0.149. The fraction of sp³-hybridized carbons (Fsp3) is 0.238. The van der Waals surface area contributed by atoms with Crippen LogP contribution in [-0.4, -0.2) is 32.2 Å². The Bertz CT molecular complexity index is 829. The third kappa shape index (κ3) is 6.51. The number of esters is 1. The number of amides is 1. The number of benzene rings is 2. The fourth-order valence-corrected chi connectivity index (χ4v) is 2.34. The zero-order valence-electron chi connectivity index (χ0n) is 15.7. The Morgan fingerprint density at radius 2 is 1.89 bits per heavy atom. The highest BCUT2D eigenvalue weighted by molar-refractivity contribution is 5.92. The Balaban J connectivity index is 1.81. The van der Waals surface area contributed by atoms with Crippen LogP contribution in [0.4, 0.5) is 5.69 Å². The molecule has 0 aliphatic heterocycles. The molecule has 0 atom stereocenters. The summed E-state index contributed by atoms with van der Waals surface area (Å²) in [5.41, 5.74) is 2.63. The normalized spacial score (nSPS) is 10.5. The van der Waals surface area contributed by atoms with Crippen LogP contribution in [0.5, 0.6) is 11.5 Å². The first kappa shape index (κ1) is 20.0. The fourth-order valence-electron chi connectivity index (χ4n) is 2.34. The molecule has 0 saturated heterocycles. The molecule has 0 aliphatic rings. The van der Waals surface area contributed by atoms with Crippen LogP contribution in [0.15, 0.2) is 48.5 Å². The summed E-state index contributed by atoms with van der Waals surface area (Å²) in [5, 5.41) is 2.66. The number of aryl methyl sites for hydroxylation is 1. The molecule has 0 unspecified atom stereocenters. The number of hydrogen-bond donors (Lipinski definition) is 1. The van der Waals surface area contributed by atoms with Crippen molar-refractivity contribution in [1.82, 2.24) is 0 Å². The third-order valence-corrected chi connectivity index (χ3v) is 3.56. The minimum absolute atomic E-state index is 0.322. The number of methoxy groups -OCH3 is 1. The number of rotatable bonds is 8. The summed E-state index contributed by atoms with van der Waals surface area (Å²) in [4.78, 5) is 23.7. The van der Waals surface area contributed by atoms with Gasteiger partial charge in [-0.05, 0) is 49.2 Å². The van der Waals surface area contributed by atoms with Gasteiger partial charge in [-0.15, -0.1) is 0 Å². The third-order valence-electron chi connectivity index (χ3n) is 3.56. The molecule has 6 nitrogen and oxygen atoms in total. The van der Waals surface area contributed by atoms with E-state index in [2.05, 4.69) is 5.32 Å². The van der Waals surface area contributed by atoms with Crippen LogP contribution in [0, 0.1) is 6.92 Å². The molecule has 1 amide bonds. The van der Waals surface area contributed by atoms with Crippen molar-refractivity contribution in [1.29, 1.82) is 0 Å². The average Bonchev–Trinajstić information content (AvgIpc) is 2.65. The number of anilines is 1. The molecule has 27 heavy (non-hydrogen) atoms. The van der Waals surface area contributed by atoms with Gasteiger partial charge in [-0.2, -0.15) is 0 Å². The second kappa shape index (κ2) is 10.0. The molecule has 0 aliphatic carbocycles. The molecule has 0 radical (unpaired) electrons. The standard InChI is InChI=1S/C21H23NO5/c1-4-6-16-9-10-18(19(12-16)25-3)26-14-21(24)27-13-20(23)22-17-8-5-7-15(2)11-17/h4-12H,13-14H2,1-3H3,(H,22,23)/b6-4+. The zero-order chi connectivity index (χ0) is 19.6. The molecule has 1 N–H and O–H groups in total. The summed E-state index contributed by atoms with van der Waals surface area (Å²) in [5.74, 6) is -0.126. The number of allylic oxidation sites excluding steroid dienone is 1. The summed E-state index contributed by atoms with van der Waals surface area (Å²) < 4.78 is 15.6. The quantitative estimate of drug-likeness (QED) is 0.720. The molecule has 0 spiro atoms. The van der Waals surface area contributed by atoms with Crippen molar-refractivity contribution in [3.63, 3.8) is 0 Å². The van der Waals surface area contributed by atoms with E-state index in [0.29, 0.717) is 17.2 Å². The van der Waals surface area contributed by atoms with Crippen LogP contribution >= 0.6 is 0 Å². The maximum Gasteiger partial charge on any atom is 0.344 e. The molecule has 2 rings (SSSR count). The van der Waals surface area contributed by atoms with E-state index >= 15 is 0 Å². The number of hydrogen-bond acceptors (Lipinski definition) is 5. The van der Waals surface area contributed by atoms with Crippen molar-refractivity contribution in [2.24, 2.45) is 0 Å². The maximum absolute atomic E-state index is 11.8. The van der Waals surface area contributed by atoms with Gasteiger partial charge < -0.3 is 19.5 Å². The molecule has 0 heterocycles. The Hall–Kier alpha value is -3.28. The highest BCUT2D eigenvalue weighted by Crippen LogP contribution is 2.28. The maximum atomic E-state index is 11.8. The van der Waals surface area contributed by atoms with Gasteiger partial charge in [-0.1, -0.05) is 30.4 Å². The summed E-state index contributed by atoms with van der Waals surface area (Å²) in [6.07, 6.45) is 3.84. The van der Waals surface area contributed by atoms with Gasteiger partial charge >= 0.3 is 5.97 Å². The lowest BCUT2D eigenvalue weighted by Gasteiger charge is -2.11. The summed E-state index contributed by atoms with van der Waals surface area (Å²) in [6.45, 7) is 3.14. The van der Waals surface area contributed by atoms with Crippen LogP contribution in [0.2, 0.25) is 0 Å². The van der Waals surface area contributed by atoms with Crippen molar-refractivity contribution < 1.29 is 23.8 Å². The molecule has 0 bridgehead atoms. The van der Waals surface area contributed by atoms with E-state index in [1.165, 1.54) is 7.11 Å². The Morgan fingerprint density at radius 1 is 1.07 bits per heavy atom. The van der Waals surface area contributed by atoms with Crippen LogP contribution in [-0.2, 0) is 14.3 Å². The molecule has 142 valence electrons. The van der Waals surface area contributed by atoms with E-state index in [9.17, 15) is 9.59 Å². The first-order valence-electron chi connectivity index (χ1n) is 8.47. The molecule has 0 saturated carbocycles. The smallest absolute Gasteiger partial charge is 0.344 e. The van der Waals surface area contributed by atoms with E-state index in [0.717, 1.165) is 11.1 Å². The lowest BCUT2D eigenvalue weighted by atomic mass is 10.2. The number of ether oxygens (including phenoxy) is 3. The van der Waals surface area contributed by atoms with E-state index in [4.69, 9.17) is 14.2 Å². The van der Waals surface area contributed by atoms with E-state index < -0.39 is 11.9 Å². The zero-order valence-corrected chi connectivity index (χ0v) is 15.7. The largest absolute Gasteiger partial charge is 0.493 e. The van der Waals surface area contributed by atoms with Crippen molar-refractivity contribution >= 4 is 23.6 Å². The van der Waals surface area contributed by atoms with Crippen molar-refractivity contribution in [3.05, 3.63) is 59.7 Å². The Kier molecular flexibility index (Phi) is 7.43. The minimum Gasteiger partial charge on any atom is -0.493 e. The van der Waals surface area contributed by atoms with Gasteiger partial charge in [-0.3, -0.25) is 4.79 Å². The SMILES string of the molecule is C/C=C/c1ccc(OCC(=O)OCC(=O)Nc2cccc(C)c2)c(OC)c1.